The van der Waals surface area contributed by atoms with E-state index in [2.05, 4.69) is 5.32 Å². The summed E-state index contributed by atoms with van der Waals surface area (Å²) >= 11 is 12.7. The number of nitrogens with one attached hydrogen (secondary N) is 1. The van der Waals surface area contributed by atoms with Crippen LogP contribution >= 0.6 is 23.2 Å². The lowest BCUT2D eigenvalue weighted by atomic mass is 10.1. The molecule has 1 atom stereocenters. The number of sulfonamides is 1. The molecule has 11 heteroatoms. The maximum atomic E-state index is 14.9. The summed E-state index contributed by atoms with van der Waals surface area (Å²) in [5, 5.41) is 3.30. The van der Waals surface area contributed by atoms with Gasteiger partial charge in [-0.3, -0.25) is 13.9 Å². The first-order chi connectivity index (χ1) is 18.1. The number of para-hydroxylation sites is 1. The SMILES string of the molecule is CCCNC(=O)[C@H](C)N(Cc1c(Cl)cccc1Cl)C(=O)CN(c1ccccc1F)S(=O)(=O)c1ccccc1. The zero-order chi connectivity index (χ0) is 27.9. The second-order valence-electron chi connectivity index (χ2n) is 8.46. The lowest BCUT2D eigenvalue weighted by molar-refractivity contribution is -0.139. The zero-order valence-electron chi connectivity index (χ0n) is 20.9. The summed E-state index contributed by atoms with van der Waals surface area (Å²) in [6.45, 7) is 2.85. The lowest BCUT2D eigenvalue weighted by Gasteiger charge is -2.32. The molecule has 0 bridgehead atoms. The molecule has 0 spiro atoms. The van der Waals surface area contributed by atoms with Crippen LogP contribution in [0.5, 0.6) is 0 Å². The van der Waals surface area contributed by atoms with Crippen LogP contribution in [0.1, 0.15) is 25.8 Å². The Hall–Kier alpha value is -3.14. The number of benzene rings is 3. The molecule has 0 aliphatic heterocycles. The first-order valence-electron chi connectivity index (χ1n) is 11.9. The van der Waals surface area contributed by atoms with Gasteiger partial charge in [0.25, 0.3) is 10.0 Å². The van der Waals surface area contributed by atoms with Gasteiger partial charge in [-0.15, -0.1) is 0 Å². The minimum Gasteiger partial charge on any atom is -0.354 e. The van der Waals surface area contributed by atoms with E-state index in [4.69, 9.17) is 23.2 Å². The summed E-state index contributed by atoms with van der Waals surface area (Å²) in [7, 11) is -4.36. The van der Waals surface area contributed by atoms with E-state index in [-0.39, 0.29) is 27.2 Å². The van der Waals surface area contributed by atoms with Crippen molar-refractivity contribution in [3.63, 3.8) is 0 Å². The maximum absolute atomic E-state index is 14.9. The van der Waals surface area contributed by atoms with Gasteiger partial charge in [-0.1, -0.05) is 66.5 Å². The third kappa shape index (κ3) is 6.83. The van der Waals surface area contributed by atoms with Gasteiger partial charge in [-0.05, 0) is 49.7 Å². The number of halogens is 3. The number of hydrogen-bond acceptors (Lipinski definition) is 4. The predicted octanol–water partition coefficient (Wildman–Crippen LogP) is 5.27. The highest BCUT2D eigenvalue weighted by atomic mass is 35.5. The largest absolute Gasteiger partial charge is 0.354 e. The van der Waals surface area contributed by atoms with Crippen LogP contribution in [0.2, 0.25) is 10.0 Å². The Labute approximate surface area is 232 Å². The van der Waals surface area contributed by atoms with Gasteiger partial charge in [0.15, 0.2) is 0 Å². The van der Waals surface area contributed by atoms with E-state index in [0.29, 0.717) is 22.8 Å². The van der Waals surface area contributed by atoms with Gasteiger partial charge in [0.2, 0.25) is 11.8 Å². The number of carbonyl (C=O) groups is 2. The molecule has 3 aromatic rings. The summed E-state index contributed by atoms with van der Waals surface area (Å²) in [6, 6.07) is 16.5. The minimum atomic E-state index is -4.36. The molecule has 0 radical (unpaired) electrons. The van der Waals surface area contributed by atoms with Crippen molar-refractivity contribution in [2.45, 2.75) is 37.8 Å². The zero-order valence-corrected chi connectivity index (χ0v) is 23.2. The highest BCUT2D eigenvalue weighted by molar-refractivity contribution is 7.92. The molecule has 38 heavy (non-hydrogen) atoms. The summed E-state index contributed by atoms with van der Waals surface area (Å²) in [6.07, 6.45) is 0.680. The fraction of sp³-hybridized carbons (Fsp3) is 0.259. The van der Waals surface area contributed by atoms with Gasteiger partial charge >= 0.3 is 0 Å². The van der Waals surface area contributed by atoms with Gasteiger partial charge in [-0.25, -0.2) is 12.8 Å². The number of amides is 2. The first kappa shape index (κ1) is 29.4. The molecule has 0 aliphatic rings. The molecular formula is C27H28Cl2FN3O4S. The van der Waals surface area contributed by atoms with E-state index in [0.717, 1.165) is 6.07 Å². The van der Waals surface area contributed by atoms with Crippen LogP contribution < -0.4 is 9.62 Å². The Balaban J connectivity index is 2.06. The van der Waals surface area contributed by atoms with E-state index in [1.807, 2.05) is 6.92 Å². The molecule has 1 N–H and O–H groups in total. The number of nitrogens with zero attached hydrogens (tertiary/aromatic N) is 2. The molecule has 0 aromatic heterocycles. The van der Waals surface area contributed by atoms with Crippen LogP contribution in [-0.4, -0.2) is 44.3 Å². The maximum Gasteiger partial charge on any atom is 0.264 e. The summed E-state index contributed by atoms with van der Waals surface area (Å²) in [4.78, 5) is 27.7. The number of hydrogen-bond donors (Lipinski definition) is 1. The van der Waals surface area contributed by atoms with E-state index >= 15 is 0 Å². The number of carbonyl (C=O) groups excluding carboxylic acids is 2. The van der Waals surface area contributed by atoms with Crippen molar-refractivity contribution >= 4 is 50.7 Å². The molecule has 0 fully saturated rings. The molecule has 0 saturated heterocycles. The highest BCUT2D eigenvalue weighted by Gasteiger charge is 2.34. The third-order valence-corrected chi connectivity index (χ3v) is 8.32. The van der Waals surface area contributed by atoms with Crippen LogP contribution in [0.3, 0.4) is 0 Å². The number of anilines is 1. The van der Waals surface area contributed by atoms with Gasteiger partial charge in [0.05, 0.1) is 10.6 Å². The topological polar surface area (TPSA) is 86.8 Å². The van der Waals surface area contributed by atoms with Crippen molar-refractivity contribution in [2.75, 3.05) is 17.4 Å². The average molecular weight is 581 g/mol. The summed E-state index contributed by atoms with van der Waals surface area (Å²) < 4.78 is 42.8. The molecule has 2 amide bonds. The smallest absolute Gasteiger partial charge is 0.264 e. The molecule has 0 unspecified atom stereocenters. The minimum absolute atomic E-state index is 0.120. The molecule has 7 nitrogen and oxygen atoms in total. The molecule has 0 heterocycles. The van der Waals surface area contributed by atoms with Crippen LogP contribution in [0.15, 0.2) is 77.7 Å². The van der Waals surface area contributed by atoms with Crippen molar-refractivity contribution in [3.8, 4) is 0 Å². The standard InChI is InChI=1S/C27H28Cl2FN3O4S/c1-3-16-31-27(35)19(2)32(17-21-22(28)12-9-13-23(21)29)26(34)18-33(25-15-8-7-14-24(25)30)38(36,37)20-10-5-4-6-11-20/h4-15,19H,3,16-18H2,1-2H3,(H,31,35)/t19-/m0/s1. The fourth-order valence-corrected chi connectivity index (χ4v) is 5.68. The highest BCUT2D eigenvalue weighted by Crippen LogP contribution is 2.29. The lowest BCUT2D eigenvalue weighted by Crippen LogP contribution is -2.51. The van der Waals surface area contributed by atoms with E-state index < -0.39 is 40.2 Å². The van der Waals surface area contributed by atoms with Gasteiger partial charge < -0.3 is 10.2 Å². The molecule has 3 rings (SSSR count). The van der Waals surface area contributed by atoms with Gasteiger partial charge in [-0.2, -0.15) is 0 Å². The predicted molar refractivity (Wildman–Crippen MR) is 147 cm³/mol. The van der Waals surface area contributed by atoms with Gasteiger partial charge in [0.1, 0.15) is 18.4 Å². The summed E-state index contributed by atoms with van der Waals surface area (Å²) in [5.74, 6) is -2.01. The normalized spacial score (nSPS) is 12.0. The van der Waals surface area contributed by atoms with Gasteiger partial charge in [0, 0.05) is 28.7 Å². The Morgan fingerprint density at radius 3 is 2.16 bits per heavy atom. The van der Waals surface area contributed by atoms with Crippen LogP contribution in [0, 0.1) is 5.82 Å². The van der Waals surface area contributed by atoms with Crippen molar-refractivity contribution in [1.82, 2.24) is 10.2 Å². The van der Waals surface area contributed by atoms with Crippen LogP contribution in [0.4, 0.5) is 10.1 Å². The quantitative estimate of drug-likeness (QED) is 0.335. The van der Waals surface area contributed by atoms with Crippen molar-refractivity contribution < 1.29 is 22.4 Å². The van der Waals surface area contributed by atoms with Crippen LogP contribution in [-0.2, 0) is 26.2 Å². The van der Waals surface area contributed by atoms with Crippen molar-refractivity contribution in [3.05, 3.63) is 94.2 Å². The second kappa shape index (κ2) is 13.1. The first-order valence-corrected chi connectivity index (χ1v) is 14.1. The summed E-state index contributed by atoms with van der Waals surface area (Å²) in [5.41, 5.74) is 0.0891. The third-order valence-electron chi connectivity index (χ3n) is 5.84. The number of rotatable bonds is 11. The van der Waals surface area contributed by atoms with Crippen molar-refractivity contribution in [2.24, 2.45) is 0 Å². The Morgan fingerprint density at radius 2 is 1.55 bits per heavy atom. The Kier molecular flexibility index (Phi) is 10.1. The van der Waals surface area contributed by atoms with Crippen LogP contribution in [0.25, 0.3) is 0 Å². The van der Waals surface area contributed by atoms with E-state index in [9.17, 15) is 22.4 Å². The molecular weight excluding hydrogens is 552 g/mol. The molecule has 0 saturated carbocycles. The fourth-order valence-electron chi connectivity index (χ4n) is 3.72. The van der Waals surface area contributed by atoms with Crippen molar-refractivity contribution in [1.29, 1.82) is 0 Å². The average Bonchev–Trinajstić information content (AvgIpc) is 2.90. The molecule has 3 aromatic carbocycles. The van der Waals surface area contributed by atoms with E-state index in [1.165, 1.54) is 54.3 Å². The molecule has 202 valence electrons. The monoisotopic (exact) mass is 579 g/mol. The Morgan fingerprint density at radius 1 is 0.947 bits per heavy atom. The van der Waals surface area contributed by atoms with E-state index in [1.54, 1.807) is 24.3 Å². The second-order valence-corrected chi connectivity index (χ2v) is 11.1. The Bertz CT molecular complexity index is 1370. The molecule has 0 aliphatic carbocycles.